The number of benzene rings is 2. The fourth-order valence-electron chi connectivity index (χ4n) is 2.39. The molecule has 0 saturated carbocycles. The van der Waals surface area contributed by atoms with Gasteiger partial charge in [-0.3, -0.25) is 0 Å². The molecule has 0 saturated heterocycles. The molecule has 132 valence electrons. The summed E-state index contributed by atoms with van der Waals surface area (Å²) in [7, 11) is 0. The van der Waals surface area contributed by atoms with Gasteiger partial charge in [0.15, 0.2) is 0 Å². The van der Waals surface area contributed by atoms with E-state index < -0.39 is 0 Å². The zero-order chi connectivity index (χ0) is 17.7. The molecular formula is C22H26O3. The molecule has 0 heterocycles. The third-order valence-corrected chi connectivity index (χ3v) is 3.71. The average molecular weight is 338 g/mol. The predicted molar refractivity (Wildman–Crippen MR) is 101 cm³/mol. The minimum absolute atomic E-state index is 0.233. The van der Waals surface area contributed by atoms with Crippen LogP contribution in [0, 0.1) is 0 Å². The normalized spacial score (nSPS) is 13.1. The van der Waals surface area contributed by atoms with Gasteiger partial charge in [-0.25, -0.2) is 0 Å². The second kappa shape index (κ2) is 11.4. The van der Waals surface area contributed by atoms with Crippen molar-refractivity contribution in [1.29, 1.82) is 0 Å². The molecule has 3 heteroatoms. The van der Waals surface area contributed by atoms with E-state index in [9.17, 15) is 0 Å². The van der Waals surface area contributed by atoms with E-state index in [2.05, 4.69) is 13.2 Å². The second-order valence-electron chi connectivity index (χ2n) is 5.66. The topological polar surface area (TPSA) is 27.7 Å². The first-order chi connectivity index (χ1) is 12.3. The molecule has 2 aromatic rings. The first-order valence-electron chi connectivity index (χ1n) is 8.45. The van der Waals surface area contributed by atoms with Crippen LogP contribution >= 0.6 is 0 Å². The maximum Gasteiger partial charge on any atom is 0.111 e. The van der Waals surface area contributed by atoms with Crippen LogP contribution in [-0.4, -0.2) is 25.4 Å². The quantitative estimate of drug-likeness (QED) is 0.532. The Labute approximate surface area is 150 Å². The molecule has 0 N–H and O–H groups in total. The highest BCUT2D eigenvalue weighted by Crippen LogP contribution is 2.12. The summed E-state index contributed by atoms with van der Waals surface area (Å²) >= 11 is 0. The lowest BCUT2D eigenvalue weighted by Gasteiger charge is -2.25. The zero-order valence-corrected chi connectivity index (χ0v) is 14.6. The molecule has 2 rings (SSSR count). The highest BCUT2D eigenvalue weighted by atomic mass is 16.6. The van der Waals surface area contributed by atoms with Crippen LogP contribution in [0.5, 0.6) is 0 Å². The van der Waals surface area contributed by atoms with E-state index in [1.165, 1.54) is 0 Å². The first-order valence-corrected chi connectivity index (χ1v) is 8.45. The SMILES string of the molecule is C=CCO[C@H](COCc1ccccc1)[C@@H](C=C)OCc1ccccc1. The Kier molecular flexibility index (Phi) is 8.70. The molecule has 0 unspecified atom stereocenters. The Bertz CT molecular complexity index is 610. The minimum Gasteiger partial charge on any atom is -0.374 e. The van der Waals surface area contributed by atoms with Gasteiger partial charge in [0.2, 0.25) is 0 Å². The summed E-state index contributed by atoms with van der Waals surface area (Å²) in [5, 5.41) is 0. The van der Waals surface area contributed by atoms with Crippen molar-refractivity contribution >= 4 is 0 Å². The van der Waals surface area contributed by atoms with Crippen LogP contribution in [0.15, 0.2) is 86.0 Å². The largest absolute Gasteiger partial charge is 0.374 e. The number of hydrogen-bond acceptors (Lipinski definition) is 3. The smallest absolute Gasteiger partial charge is 0.111 e. The van der Waals surface area contributed by atoms with Crippen molar-refractivity contribution in [3.8, 4) is 0 Å². The molecule has 2 atom stereocenters. The second-order valence-corrected chi connectivity index (χ2v) is 5.66. The molecule has 0 amide bonds. The van der Waals surface area contributed by atoms with Crippen LogP contribution in [0.25, 0.3) is 0 Å². The standard InChI is InChI=1S/C22H26O3/c1-3-15-24-22(18-23-16-19-11-7-5-8-12-19)21(4-2)25-17-20-13-9-6-10-14-20/h3-14,21-22H,1-2,15-18H2/t21-,22-/m1/s1. The molecule has 2 aromatic carbocycles. The van der Waals surface area contributed by atoms with Crippen LogP contribution in [0.3, 0.4) is 0 Å². The van der Waals surface area contributed by atoms with E-state index in [0.717, 1.165) is 11.1 Å². The number of rotatable bonds is 12. The zero-order valence-electron chi connectivity index (χ0n) is 14.6. The van der Waals surface area contributed by atoms with E-state index >= 15 is 0 Å². The summed E-state index contributed by atoms with van der Waals surface area (Å²) in [6.07, 6.45) is 3.00. The first kappa shape index (κ1) is 19.1. The summed E-state index contributed by atoms with van der Waals surface area (Å²) in [4.78, 5) is 0. The number of hydrogen-bond donors (Lipinski definition) is 0. The highest BCUT2D eigenvalue weighted by molar-refractivity contribution is 5.14. The molecule has 0 bridgehead atoms. The molecule has 0 radical (unpaired) electrons. The van der Waals surface area contributed by atoms with Gasteiger partial charge in [-0.2, -0.15) is 0 Å². The Morgan fingerprint density at radius 2 is 1.40 bits per heavy atom. The maximum atomic E-state index is 5.98. The molecule has 0 fully saturated rings. The van der Waals surface area contributed by atoms with Crippen LogP contribution < -0.4 is 0 Å². The lowest BCUT2D eigenvalue weighted by molar-refractivity contribution is -0.0872. The average Bonchev–Trinajstić information content (AvgIpc) is 2.67. The van der Waals surface area contributed by atoms with Gasteiger partial charge in [0.05, 0.1) is 26.4 Å². The van der Waals surface area contributed by atoms with Gasteiger partial charge in [0.25, 0.3) is 0 Å². The van der Waals surface area contributed by atoms with Crippen molar-refractivity contribution in [3.63, 3.8) is 0 Å². The molecule has 25 heavy (non-hydrogen) atoms. The third-order valence-electron chi connectivity index (χ3n) is 3.71. The van der Waals surface area contributed by atoms with E-state index in [4.69, 9.17) is 14.2 Å². The van der Waals surface area contributed by atoms with Crippen LogP contribution in [0.1, 0.15) is 11.1 Å². The van der Waals surface area contributed by atoms with Crippen molar-refractivity contribution in [2.24, 2.45) is 0 Å². The Hall–Kier alpha value is -2.20. The molecule has 0 aliphatic carbocycles. The summed E-state index contributed by atoms with van der Waals surface area (Å²) in [6.45, 7) is 9.50. The Morgan fingerprint density at radius 1 is 0.800 bits per heavy atom. The van der Waals surface area contributed by atoms with Crippen LogP contribution in [-0.2, 0) is 27.4 Å². The van der Waals surface area contributed by atoms with E-state index in [1.807, 2.05) is 60.7 Å². The Morgan fingerprint density at radius 3 is 1.96 bits per heavy atom. The Balaban J connectivity index is 1.88. The van der Waals surface area contributed by atoms with Crippen molar-refractivity contribution in [1.82, 2.24) is 0 Å². The summed E-state index contributed by atoms with van der Waals surface area (Å²) in [6, 6.07) is 20.1. The van der Waals surface area contributed by atoms with Crippen molar-refractivity contribution in [2.75, 3.05) is 13.2 Å². The molecule has 0 spiro atoms. The monoisotopic (exact) mass is 338 g/mol. The molecule has 0 aliphatic rings. The van der Waals surface area contributed by atoms with Gasteiger partial charge < -0.3 is 14.2 Å². The summed E-state index contributed by atoms with van der Waals surface area (Å²) < 4.78 is 17.6. The van der Waals surface area contributed by atoms with Crippen molar-refractivity contribution < 1.29 is 14.2 Å². The molecule has 3 nitrogen and oxygen atoms in total. The third kappa shape index (κ3) is 7.06. The van der Waals surface area contributed by atoms with Crippen LogP contribution in [0.4, 0.5) is 0 Å². The molecule has 0 aromatic heterocycles. The summed E-state index contributed by atoms with van der Waals surface area (Å²) in [5.74, 6) is 0. The van der Waals surface area contributed by atoms with E-state index in [0.29, 0.717) is 26.4 Å². The maximum absolute atomic E-state index is 5.98. The van der Waals surface area contributed by atoms with Gasteiger partial charge in [-0.1, -0.05) is 72.8 Å². The predicted octanol–water partition coefficient (Wildman–Crippen LogP) is 4.55. The fourth-order valence-corrected chi connectivity index (χ4v) is 2.39. The molecular weight excluding hydrogens is 312 g/mol. The lowest BCUT2D eigenvalue weighted by atomic mass is 10.2. The van der Waals surface area contributed by atoms with Gasteiger partial charge in [0, 0.05) is 0 Å². The number of ether oxygens (including phenoxy) is 3. The van der Waals surface area contributed by atoms with Crippen molar-refractivity contribution in [3.05, 3.63) is 97.1 Å². The summed E-state index contributed by atoms with van der Waals surface area (Å²) in [5.41, 5.74) is 2.24. The van der Waals surface area contributed by atoms with E-state index in [-0.39, 0.29) is 12.2 Å². The fraction of sp³-hybridized carbons (Fsp3) is 0.273. The van der Waals surface area contributed by atoms with E-state index in [1.54, 1.807) is 12.2 Å². The van der Waals surface area contributed by atoms with Crippen molar-refractivity contribution in [2.45, 2.75) is 25.4 Å². The van der Waals surface area contributed by atoms with Crippen LogP contribution in [0.2, 0.25) is 0 Å². The van der Waals surface area contributed by atoms with Gasteiger partial charge in [-0.15, -0.1) is 13.2 Å². The highest BCUT2D eigenvalue weighted by Gasteiger charge is 2.20. The van der Waals surface area contributed by atoms with Gasteiger partial charge in [0.1, 0.15) is 12.2 Å². The van der Waals surface area contributed by atoms with Gasteiger partial charge >= 0.3 is 0 Å². The van der Waals surface area contributed by atoms with Gasteiger partial charge in [-0.05, 0) is 11.1 Å². The lowest BCUT2D eigenvalue weighted by Crippen LogP contribution is -2.34. The molecule has 0 aliphatic heterocycles. The minimum atomic E-state index is -0.254.